The van der Waals surface area contributed by atoms with E-state index in [0.29, 0.717) is 16.9 Å². The monoisotopic (exact) mass is 364 g/mol. The molecule has 0 aromatic heterocycles. The van der Waals surface area contributed by atoms with E-state index in [-0.39, 0.29) is 11.7 Å². The second kappa shape index (κ2) is 9.40. The summed E-state index contributed by atoms with van der Waals surface area (Å²) in [7, 11) is 1.18. The van der Waals surface area contributed by atoms with E-state index in [1.807, 2.05) is 0 Å². The van der Waals surface area contributed by atoms with Crippen LogP contribution in [0.2, 0.25) is 5.04 Å². The van der Waals surface area contributed by atoms with Crippen LogP contribution in [-0.2, 0) is 9.16 Å². The van der Waals surface area contributed by atoms with E-state index in [1.54, 1.807) is 7.11 Å². The van der Waals surface area contributed by atoms with E-state index in [4.69, 9.17) is 9.16 Å². The molecular formula is C22H40O2Si. The zero-order chi connectivity index (χ0) is 19.3. The molecule has 144 valence electrons. The van der Waals surface area contributed by atoms with Gasteiger partial charge in [-0.15, -0.1) is 5.92 Å². The van der Waals surface area contributed by atoms with E-state index in [1.165, 1.54) is 12.0 Å². The molecular weight excluding hydrogens is 324 g/mol. The molecule has 3 atom stereocenters. The number of methoxy groups -OCH3 is 1. The van der Waals surface area contributed by atoms with Crippen molar-refractivity contribution in [2.45, 2.75) is 91.4 Å². The fourth-order valence-electron chi connectivity index (χ4n) is 3.43. The van der Waals surface area contributed by atoms with Crippen LogP contribution in [-0.4, -0.2) is 28.6 Å². The lowest BCUT2D eigenvalue weighted by Crippen LogP contribution is -2.46. The molecule has 0 saturated carbocycles. The number of rotatable bonds is 8. The molecule has 25 heavy (non-hydrogen) atoms. The van der Waals surface area contributed by atoms with Crippen LogP contribution in [0.1, 0.15) is 74.7 Å². The average Bonchev–Trinajstić information content (AvgIpc) is 2.51. The summed E-state index contributed by atoms with van der Waals surface area (Å²) in [6.07, 6.45) is 5.65. The maximum absolute atomic E-state index is 6.54. The fourth-order valence-corrected chi connectivity index (χ4v) is 4.45. The van der Waals surface area contributed by atoms with Crippen molar-refractivity contribution in [2.24, 2.45) is 17.8 Å². The van der Waals surface area contributed by atoms with Gasteiger partial charge in [-0.2, -0.15) is 0 Å². The Balaban J connectivity index is 3.00. The van der Waals surface area contributed by atoms with Gasteiger partial charge < -0.3 is 9.16 Å². The first-order valence-electron chi connectivity index (χ1n) is 9.79. The lowest BCUT2D eigenvalue weighted by Gasteiger charge is -2.43. The Labute approximate surface area is 159 Å². The molecule has 0 aromatic carbocycles. The maximum Gasteiger partial charge on any atom is 0.167 e. The molecule has 1 aliphatic carbocycles. The van der Waals surface area contributed by atoms with Crippen LogP contribution in [0.5, 0.6) is 0 Å². The Hall–Kier alpha value is -0.563. The molecule has 3 heteroatoms. The largest absolute Gasteiger partial charge is 0.418 e. The van der Waals surface area contributed by atoms with Crippen LogP contribution in [0.15, 0.2) is 11.6 Å². The summed E-state index contributed by atoms with van der Waals surface area (Å²) >= 11 is 0. The van der Waals surface area contributed by atoms with Gasteiger partial charge in [0.1, 0.15) is 6.10 Å². The Morgan fingerprint density at radius 1 is 1.24 bits per heavy atom. The quantitative estimate of drug-likeness (QED) is 0.338. The smallest absolute Gasteiger partial charge is 0.167 e. The molecule has 1 rings (SSSR count). The van der Waals surface area contributed by atoms with Crippen molar-refractivity contribution in [1.82, 2.24) is 0 Å². The number of hydrogen-bond donors (Lipinski definition) is 0. The van der Waals surface area contributed by atoms with E-state index in [9.17, 15) is 0 Å². The van der Waals surface area contributed by atoms with Crippen molar-refractivity contribution < 1.29 is 9.16 Å². The van der Waals surface area contributed by atoms with E-state index in [2.05, 4.69) is 73.3 Å². The Morgan fingerprint density at radius 2 is 1.88 bits per heavy atom. The van der Waals surface area contributed by atoms with Gasteiger partial charge in [0.25, 0.3) is 0 Å². The topological polar surface area (TPSA) is 18.5 Å². The van der Waals surface area contributed by atoms with Gasteiger partial charge in [-0.25, -0.2) is 0 Å². The molecule has 1 aliphatic rings. The van der Waals surface area contributed by atoms with E-state index < -0.39 is 9.76 Å². The summed E-state index contributed by atoms with van der Waals surface area (Å²) in [4.78, 5) is 0. The van der Waals surface area contributed by atoms with Crippen molar-refractivity contribution in [3.63, 3.8) is 0 Å². The highest BCUT2D eigenvalue weighted by molar-refractivity contribution is 6.31. The highest BCUT2D eigenvalue weighted by atomic mass is 28.2. The van der Waals surface area contributed by atoms with Crippen LogP contribution < -0.4 is 0 Å². The lowest BCUT2D eigenvalue weighted by atomic mass is 9.70. The summed E-state index contributed by atoms with van der Waals surface area (Å²) in [6, 6.07) is 0. The highest BCUT2D eigenvalue weighted by Crippen LogP contribution is 2.40. The zero-order valence-corrected chi connectivity index (χ0v) is 19.4. The summed E-state index contributed by atoms with van der Waals surface area (Å²) < 4.78 is 12.3. The second-order valence-corrected chi connectivity index (χ2v) is 12.4. The number of allylic oxidation sites excluding steroid dienone is 1. The third-order valence-electron chi connectivity index (χ3n) is 5.09. The first-order valence-corrected chi connectivity index (χ1v) is 11.1. The molecule has 0 fully saturated rings. The van der Waals surface area contributed by atoms with Gasteiger partial charge in [0.15, 0.2) is 9.76 Å². The Kier molecular flexibility index (Phi) is 8.45. The first-order chi connectivity index (χ1) is 11.5. The standard InChI is InChI=1S/C22H40O2Si/c1-16(2)12-10-13-17(3)20-18(14-11-15-19(20)23-9)22(7,8)24-25-21(4,5)6/h13,16,18-20H,10,12,14,25H2,1-9H3. The molecule has 0 bridgehead atoms. The normalized spacial score (nSPS) is 25.5. The zero-order valence-electron chi connectivity index (χ0n) is 18.0. The van der Waals surface area contributed by atoms with Crippen LogP contribution in [0.25, 0.3) is 0 Å². The molecule has 2 nitrogen and oxygen atoms in total. The first kappa shape index (κ1) is 22.5. The summed E-state index contributed by atoms with van der Waals surface area (Å²) in [5.41, 5.74) is 1.25. The molecule has 0 spiro atoms. The van der Waals surface area contributed by atoms with Crippen molar-refractivity contribution in [3.05, 3.63) is 11.6 Å². The van der Waals surface area contributed by atoms with Gasteiger partial charge in [0.05, 0.1) is 5.60 Å². The van der Waals surface area contributed by atoms with Gasteiger partial charge in [-0.3, -0.25) is 0 Å². The van der Waals surface area contributed by atoms with Crippen LogP contribution in [0, 0.1) is 29.6 Å². The van der Waals surface area contributed by atoms with Crippen LogP contribution in [0.3, 0.4) is 0 Å². The molecule has 0 saturated heterocycles. The van der Waals surface area contributed by atoms with Gasteiger partial charge in [-0.05, 0) is 44.6 Å². The predicted molar refractivity (Wildman–Crippen MR) is 111 cm³/mol. The summed E-state index contributed by atoms with van der Waals surface area (Å²) in [5, 5.41) is 0.302. The molecule has 0 aliphatic heterocycles. The maximum atomic E-state index is 6.54. The Morgan fingerprint density at radius 3 is 2.40 bits per heavy atom. The van der Waals surface area contributed by atoms with Crippen LogP contribution in [0.4, 0.5) is 0 Å². The minimum atomic E-state index is -0.605. The highest BCUT2D eigenvalue weighted by Gasteiger charge is 2.42. The fraction of sp³-hybridized carbons (Fsp3) is 0.818. The molecule has 0 aromatic rings. The third-order valence-corrected chi connectivity index (χ3v) is 6.84. The van der Waals surface area contributed by atoms with Crippen molar-refractivity contribution in [2.75, 3.05) is 7.11 Å². The molecule has 0 radical (unpaired) electrons. The predicted octanol–water partition coefficient (Wildman–Crippen LogP) is 5.12. The lowest BCUT2D eigenvalue weighted by molar-refractivity contribution is -0.0164. The number of ether oxygens (including phenoxy) is 1. The van der Waals surface area contributed by atoms with Crippen molar-refractivity contribution in [1.29, 1.82) is 0 Å². The van der Waals surface area contributed by atoms with E-state index in [0.717, 1.165) is 18.8 Å². The van der Waals surface area contributed by atoms with Gasteiger partial charge in [0.2, 0.25) is 0 Å². The van der Waals surface area contributed by atoms with Crippen molar-refractivity contribution in [3.8, 4) is 11.8 Å². The molecule has 3 unspecified atom stereocenters. The Bertz CT molecular complexity index is 502. The van der Waals surface area contributed by atoms with E-state index >= 15 is 0 Å². The minimum absolute atomic E-state index is 0.0202. The molecule has 0 heterocycles. The molecule has 0 N–H and O–H groups in total. The number of hydrogen-bond acceptors (Lipinski definition) is 2. The third kappa shape index (κ3) is 7.29. The minimum Gasteiger partial charge on any atom is -0.418 e. The van der Waals surface area contributed by atoms with Gasteiger partial charge >= 0.3 is 0 Å². The van der Waals surface area contributed by atoms with Crippen molar-refractivity contribution >= 4 is 9.76 Å². The molecule has 0 amide bonds. The summed E-state index contributed by atoms with van der Waals surface area (Å²) in [6.45, 7) is 18.2. The van der Waals surface area contributed by atoms with Gasteiger partial charge in [0, 0.05) is 25.4 Å². The summed E-state index contributed by atoms with van der Waals surface area (Å²) in [5.74, 6) is 8.09. The average molecular weight is 365 g/mol. The second-order valence-electron chi connectivity index (χ2n) is 9.69. The van der Waals surface area contributed by atoms with Crippen LogP contribution >= 0.6 is 0 Å². The SMILES string of the molecule is COC1C#CCC(C(C)(C)O[SiH2]C(C)(C)C)C1C(C)=CCCC(C)C. The van der Waals surface area contributed by atoms with Gasteiger partial charge in [-0.1, -0.05) is 52.2 Å².